The fourth-order valence-corrected chi connectivity index (χ4v) is 1.93. The second kappa shape index (κ2) is 9.11. The maximum Gasteiger partial charge on any atom is 0.259 e. The lowest BCUT2D eigenvalue weighted by Crippen LogP contribution is -2.04. The fraction of sp³-hybridized carbons (Fsp3) is 0.111. The first kappa shape index (κ1) is 18.0. The van der Waals surface area contributed by atoms with Crippen molar-refractivity contribution in [2.24, 2.45) is 0 Å². The average molecular weight is 365 g/mol. The molecule has 0 unspecified atom stereocenters. The molecule has 0 atom stereocenters. The normalized spacial score (nSPS) is 10.6. The molecule has 4 nitrogen and oxygen atoms in total. The van der Waals surface area contributed by atoms with Gasteiger partial charge in [0, 0.05) is 0 Å². The van der Waals surface area contributed by atoms with Gasteiger partial charge in [0.2, 0.25) is 0 Å². The smallest absolute Gasteiger partial charge is 0.259 e. The first-order valence-corrected chi connectivity index (χ1v) is 7.79. The maximum atomic E-state index is 10.6. The molecule has 0 heterocycles. The molecule has 0 radical (unpaired) electrons. The lowest BCUT2D eigenvalue weighted by Gasteiger charge is -2.04. The van der Waals surface area contributed by atoms with Crippen LogP contribution in [0.4, 0.5) is 0 Å². The minimum Gasteiger partial charge on any atom is -0.484 e. The van der Waals surface area contributed by atoms with Gasteiger partial charge in [0.25, 0.3) is 10.5 Å². The molecule has 0 aliphatic carbocycles. The minimum atomic E-state index is -0.540. The van der Waals surface area contributed by atoms with Crippen LogP contribution in [0.25, 0.3) is 12.2 Å². The lowest BCUT2D eigenvalue weighted by molar-refractivity contribution is -0.114. The summed E-state index contributed by atoms with van der Waals surface area (Å²) in [4.78, 5) is 21.3. The molecule has 0 saturated heterocycles. The van der Waals surface area contributed by atoms with Crippen molar-refractivity contribution in [2.45, 2.75) is 0 Å². The van der Waals surface area contributed by atoms with Crippen LogP contribution in [0.2, 0.25) is 0 Å². The predicted octanol–water partition coefficient (Wildman–Crippen LogP) is 4.15. The van der Waals surface area contributed by atoms with Gasteiger partial charge in [0.05, 0.1) is 0 Å². The molecule has 0 bridgehead atoms. The second-order valence-electron chi connectivity index (χ2n) is 4.76. The number of ether oxygens (including phenoxy) is 2. The van der Waals surface area contributed by atoms with Crippen molar-refractivity contribution >= 4 is 45.8 Å². The van der Waals surface area contributed by atoms with Crippen molar-refractivity contribution in [1.29, 1.82) is 0 Å². The molecule has 0 N–H and O–H groups in total. The van der Waals surface area contributed by atoms with Gasteiger partial charge >= 0.3 is 0 Å². The van der Waals surface area contributed by atoms with E-state index in [9.17, 15) is 9.59 Å². The Morgan fingerprint density at radius 3 is 1.33 bits per heavy atom. The van der Waals surface area contributed by atoms with E-state index in [0.29, 0.717) is 11.5 Å². The SMILES string of the molecule is O=C(Cl)COc1ccc(/C=C/c2ccc(OCC(=O)Cl)cc2)cc1. The van der Waals surface area contributed by atoms with Crippen molar-refractivity contribution < 1.29 is 19.1 Å². The Kier molecular flexibility index (Phi) is 6.85. The Hall–Kier alpha value is -2.30. The second-order valence-corrected chi connectivity index (χ2v) is 5.60. The summed E-state index contributed by atoms with van der Waals surface area (Å²) < 4.78 is 10.4. The highest BCUT2D eigenvalue weighted by molar-refractivity contribution is 6.64. The largest absolute Gasteiger partial charge is 0.484 e. The number of carbonyl (C=O) groups excluding carboxylic acids is 2. The number of rotatable bonds is 8. The first-order chi connectivity index (χ1) is 11.5. The van der Waals surface area contributed by atoms with Gasteiger partial charge in [-0.05, 0) is 58.6 Å². The fourth-order valence-electron chi connectivity index (χ4n) is 1.82. The van der Waals surface area contributed by atoms with E-state index in [4.69, 9.17) is 32.7 Å². The third kappa shape index (κ3) is 6.44. The molecule has 0 aliphatic rings. The summed E-state index contributed by atoms with van der Waals surface area (Å²) in [7, 11) is 0. The molecule has 2 rings (SSSR count). The quantitative estimate of drug-likeness (QED) is 0.521. The van der Waals surface area contributed by atoms with Crippen LogP contribution in [0.3, 0.4) is 0 Å². The zero-order chi connectivity index (χ0) is 17.4. The van der Waals surface area contributed by atoms with Crippen LogP contribution in [0.15, 0.2) is 48.5 Å². The van der Waals surface area contributed by atoms with Crippen molar-refractivity contribution in [3.63, 3.8) is 0 Å². The summed E-state index contributed by atoms with van der Waals surface area (Å²) in [5.41, 5.74) is 1.96. The summed E-state index contributed by atoms with van der Waals surface area (Å²) in [5, 5.41) is -1.08. The Bertz CT molecular complexity index is 658. The molecular weight excluding hydrogens is 351 g/mol. The number of hydrogen-bond acceptors (Lipinski definition) is 4. The van der Waals surface area contributed by atoms with Crippen molar-refractivity contribution in [3.8, 4) is 11.5 Å². The number of hydrogen-bond donors (Lipinski definition) is 0. The molecule has 2 aromatic rings. The molecule has 0 fully saturated rings. The predicted molar refractivity (Wildman–Crippen MR) is 94.5 cm³/mol. The highest BCUT2D eigenvalue weighted by atomic mass is 35.5. The molecule has 0 amide bonds. The molecule has 24 heavy (non-hydrogen) atoms. The summed E-state index contributed by atoms with van der Waals surface area (Å²) in [6, 6.07) is 14.5. The van der Waals surface area contributed by atoms with Gasteiger partial charge in [-0.25, -0.2) is 0 Å². The first-order valence-electron chi connectivity index (χ1n) is 7.03. The third-order valence-electron chi connectivity index (χ3n) is 2.93. The van der Waals surface area contributed by atoms with E-state index in [2.05, 4.69) is 0 Å². The van der Waals surface area contributed by atoms with E-state index in [1.165, 1.54) is 0 Å². The van der Waals surface area contributed by atoms with Gasteiger partial charge < -0.3 is 9.47 Å². The molecule has 0 aliphatic heterocycles. The zero-order valence-electron chi connectivity index (χ0n) is 12.6. The summed E-state index contributed by atoms with van der Waals surface area (Å²) >= 11 is 10.4. The van der Waals surface area contributed by atoms with Gasteiger partial charge in [-0.1, -0.05) is 36.4 Å². The topological polar surface area (TPSA) is 52.6 Å². The molecule has 0 saturated carbocycles. The highest BCUT2D eigenvalue weighted by Gasteiger charge is 1.99. The molecule has 6 heteroatoms. The van der Waals surface area contributed by atoms with Crippen LogP contribution in [0.1, 0.15) is 11.1 Å². The van der Waals surface area contributed by atoms with Crippen LogP contribution < -0.4 is 9.47 Å². The van der Waals surface area contributed by atoms with Crippen molar-refractivity contribution in [3.05, 3.63) is 59.7 Å². The lowest BCUT2D eigenvalue weighted by atomic mass is 10.1. The standard InChI is InChI=1S/C18H14Cl2O4/c19-17(21)11-23-15-7-3-13(4-8-15)1-2-14-5-9-16(10-6-14)24-12-18(20)22/h1-10H,11-12H2/b2-1+. The van der Waals surface area contributed by atoms with E-state index in [1.54, 1.807) is 24.3 Å². The van der Waals surface area contributed by atoms with Crippen LogP contribution >= 0.6 is 23.2 Å². The third-order valence-corrected chi connectivity index (χ3v) is 3.15. The Morgan fingerprint density at radius 1 is 0.708 bits per heavy atom. The van der Waals surface area contributed by atoms with Crippen molar-refractivity contribution in [2.75, 3.05) is 13.2 Å². The van der Waals surface area contributed by atoms with Gasteiger partial charge in [0.15, 0.2) is 13.2 Å². The minimum absolute atomic E-state index is 0.152. The molecule has 0 aromatic heterocycles. The van der Waals surface area contributed by atoms with E-state index < -0.39 is 10.5 Å². The van der Waals surface area contributed by atoms with Gasteiger partial charge in [-0.3, -0.25) is 9.59 Å². The van der Waals surface area contributed by atoms with Gasteiger partial charge in [-0.15, -0.1) is 0 Å². The van der Waals surface area contributed by atoms with Crippen LogP contribution in [-0.2, 0) is 9.59 Å². The van der Waals surface area contributed by atoms with E-state index in [0.717, 1.165) is 11.1 Å². The zero-order valence-corrected chi connectivity index (χ0v) is 14.1. The summed E-state index contributed by atoms with van der Waals surface area (Å²) in [6.07, 6.45) is 3.88. The maximum absolute atomic E-state index is 10.6. The summed E-state index contributed by atoms with van der Waals surface area (Å²) in [6.45, 7) is -0.305. The van der Waals surface area contributed by atoms with Crippen LogP contribution in [0, 0.1) is 0 Å². The molecule has 2 aromatic carbocycles. The Labute approximate surface area is 149 Å². The van der Waals surface area contributed by atoms with Gasteiger partial charge in [0.1, 0.15) is 11.5 Å². The number of benzene rings is 2. The number of halogens is 2. The summed E-state index contributed by atoms with van der Waals surface area (Å²) in [5.74, 6) is 1.16. The Morgan fingerprint density at radius 2 is 1.04 bits per heavy atom. The van der Waals surface area contributed by atoms with Crippen LogP contribution in [0.5, 0.6) is 11.5 Å². The average Bonchev–Trinajstić information content (AvgIpc) is 2.58. The molecule has 124 valence electrons. The molecular formula is C18H14Cl2O4. The van der Waals surface area contributed by atoms with Crippen molar-refractivity contribution in [1.82, 2.24) is 0 Å². The Balaban J connectivity index is 1.92. The van der Waals surface area contributed by atoms with E-state index in [-0.39, 0.29) is 13.2 Å². The van der Waals surface area contributed by atoms with E-state index >= 15 is 0 Å². The number of carbonyl (C=O) groups is 2. The highest BCUT2D eigenvalue weighted by Crippen LogP contribution is 2.17. The van der Waals surface area contributed by atoms with Gasteiger partial charge in [-0.2, -0.15) is 0 Å². The van der Waals surface area contributed by atoms with E-state index in [1.807, 2.05) is 36.4 Å². The van der Waals surface area contributed by atoms with Crippen LogP contribution in [-0.4, -0.2) is 23.7 Å². The molecule has 0 spiro atoms. The monoisotopic (exact) mass is 364 g/mol.